The van der Waals surface area contributed by atoms with Gasteiger partial charge in [0.2, 0.25) is 15.9 Å². The zero-order valence-corrected chi connectivity index (χ0v) is 12.7. The lowest BCUT2D eigenvalue weighted by Crippen LogP contribution is -2.48. The average Bonchev–Trinajstić information content (AvgIpc) is 2.65. The Hall–Kier alpha value is -1.15. The fourth-order valence-corrected chi connectivity index (χ4v) is 3.89. The molecule has 4 N–H and O–H groups in total. The highest BCUT2D eigenvalue weighted by Crippen LogP contribution is 2.32. The maximum absolute atomic E-state index is 12.4. The summed E-state index contributed by atoms with van der Waals surface area (Å²) >= 11 is 6.01. The van der Waals surface area contributed by atoms with Crippen LogP contribution in [0.15, 0.2) is 17.0 Å². The summed E-state index contributed by atoms with van der Waals surface area (Å²) in [6.45, 7) is 3.50. The van der Waals surface area contributed by atoms with Crippen molar-refractivity contribution < 1.29 is 13.2 Å². The van der Waals surface area contributed by atoms with Crippen LogP contribution < -0.4 is 15.8 Å². The monoisotopic (exact) mass is 317 g/mol. The first-order valence-electron chi connectivity index (χ1n) is 6.01. The third kappa shape index (κ3) is 2.95. The minimum absolute atomic E-state index is 0.0454. The van der Waals surface area contributed by atoms with Gasteiger partial charge in [0, 0.05) is 17.8 Å². The van der Waals surface area contributed by atoms with E-state index < -0.39 is 15.6 Å². The molecule has 0 aliphatic carbocycles. The number of rotatable bonds is 4. The molecule has 0 spiro atoms. The Labute approximate surface area is 122 Å². The fraction of sp³-hybridized carbons (Fsp3) is 0.417. The van der Waals surface area contributed by atoms with Gasteiger partial charge in [-0.1, -0.05) is 11.6 Å². The molecule has 0 radical (unpaired) electrons. The second-order valence-electron chi connectivity index (χ2n) is 5.36. The van der Waals surface area contributed by atoms with Gasteiger partial charge >= 0.3 is 0 Å². The normalized spacial score (nSPS) is 15.1. The Morgan fingerprint density at radius 3 is 2.70 bits per heavy atom. The Morgan fingerprint density at radius 1 is 1.45 bits per heavy atom. The van der Waals surface area contributed by atoms with Gasteiger partial charge in [-0.05, 0) is 31.5 Å². The highest BCUT2D eigenvalue weighted by atomic mass is 35.5. The average molecular weight is 318 g/mol. The minimum atomic E-state index is -3.80. The van der Waals surface area contributed by atoms with Gasteiger partial charge in [0.15, 0.2) is 0 Å². The molecule has 8 heteroatoms. The van der Waals surface area contributed by atoms with E-state index >= 15 is 0 Å². The van der Waals surface area contributed by atoms with Crippen LogP contribution in [-0.4, -0.2) is 26.4 Å². The van der Waals surface area contributed by atoms with E-state index in [1.165, 1.54) is 12.1 Å². The largest absolute Gasteiger partial charge is 0.329 e. The van der Waals surface area contributed by atoms with Crippen LogP contribution >= 0.6 is 11.6 Å². The van der Waals surface area contributed by atoms with Crippen LogP contribution in [-0.2, 0) is 21.2 Å². The molecule has 1 heterocycles. The number of hydrogen-bond donors (Lipinski definition) is 3. The van der Waals surface area contributed by atoms with Crippen LogP contribution in [0.4, 0.5) is 5.69 Å². The molecule has 0 fully saturated rings. The number of anilines is 1. The van der Waals surface area contributed by atoms with Gasteiger partial charge in [-0.15, -0.1) is 0 Å². The Balaban J connectivity index is 2.44. The number of sulfonamides is 1. The summed E-state index contributed by atoms with van der Waals surface area (Å²) in [5.41, 5.74) is 5.91. The second kappa shape index (κ2) is 5.00. The van der Waals surface area contributed by atoms with E-state index in [-0.39, 0.29) is 28.8 Å². The molecule has 1 aliphatic heterocycles. The molecule has 6 nitrogen and oxygen atoms in total. The summed E-state index contributed by atoms with van der Waals surface area (Å²) in [6, 6.07) is 2.87. The highest BCUT2D eigenvalue weighted by molar-refractivity contribution is 7.89. The van der Waals surface area contributed by atoms with Gasteiger partial charge in [-0.2, -0.15) is 0 Å². The fourth-order valence-electron chi connectivity index (χ4n) is 1.89. The Kier molecular flexibility index (Phi) is 3.81. The van der Waals surface area contributed by atoms with E-state index in [4.69, 9.17) is 17.3 Å². The highest BCUT2D eigenvalue weighted by Gasteiger charge is 2.29. The third-order valence-corrected chi connectivity index (χ3v) is 5.16. The van der Waals surface area contributed by atoms with Gasteiger partial charge in [0.25, 0.3) is 0 Å². The standard InChI is InChI=1S/C12H16ClN3O3S/c1-12(2,6-14)16-20(18,19)10-3-7-4-11(17)15-9(7)5-8(10)13/h3,5,16H,4,6,14H2,1-2H3,(H,15,17). The summed E-state index contributed by atoms with van der Waals surface area (Å²) in [5, 5.41) is 2.68. The van der Waals surface area contributed by atoms with E-state index in [0.29, 0.717) is 11.3 Å². The number of nitrogens with one attached hydrogen (secondary N) is 2. The molecule has 110 valence electrons. The molecular formula is C12H16ClN3O3S. The van der Waals surface area contributed by atoms with Crippen molar-refractivity contribution in [2.24, 2.45) is 5.73 Å². The van der Waals surface area contributed by atoms with E-state index in [1.54, 1.807) is 13.8 Å². The van der Waals surface area contributed by atoms with Crippen LogP contribution in [0.25, 0.3) is 0 Å². The van der Waals surface area contributed by atoms with Crippen molar-refractivity contribution in [3.05, 3.63) is 22.7 Å². The van der Waals surface area contributed by atoms with Crippen molar-refractivity contribution in [3.8, 4) is 0 Å². The van der Waals surface area contributed by atoms with Crippen LogP contribution in [0.1, 0.15) is 19.4 Å². The van der Waals surface area contributed by atoms with Gasteiger partial charge in [0.1, 0.15) is 4.90 Å². The number of nitrogens with two attached hydrogens (primary N) is 1. The van der Waals surface area contributed by atoms with Crippen molar-refractivity contribution in [1.29, 1.82) is 0 Å². The summed E-state index contributed by atoms with van der Waals surface area (Å²) in [6.07, 6.45) is 0.148. The first-order valence-corrected chi connectivity index (χ1v) is 7.87. The molecule has 0 saturated heterocycles. The molecule has 0 atom stereocenters. The number of hydrogen-bond acceptors (Lipinski definition) is 4. The summed E-state index contributed by atoms with van der Waals surface area (Å²) in [4.78, 5) is 11.3. The zero-order chi connectivity index (χ0) is 15.1. The van der Waals surface area contributed by atoms with E-state index in [9.17, 15) is 13.2 Å². The van der Waals surface area contributed by atoms with Crippen LogP contribution in [0.5, 0.6) is 0 Å². The minimum Gasteiger partial charge on any atom is -0.329 e. The smallest absolute Gasteiger partial charge is 0.242 e. The van der Waals surface area contributed by atoms with Gasteiger partial charge in [-0.25, -0.2) is 13.1 Å². The molecule has 0 aromatic heterocycles. The van der Waals surface area contributed by atoms with E-state index in [2.05, 4.69) is 10.0 Å². The molecule has 20 heavy (non-hydrogen) atoms. The first kappa shape index (κ1) is 15.2. The predicted molar refractivity (Wildman–Crippen MR) is 77.2 cm³/mol. The number of fused-ring (bicyclic) bond motifs is 1. The van der Waals surface area contributed by atoms with Crippen LogP contribution in [0, 0.1) is 0 Å². The summed E-state index contributed by atoms with van der Waals surface area (Å²) in [5.74, 6) is -0.180. The Bertz CT molecular complexity index is 671. The quantitative estimate of drug-likeness (QED) is 0.766. The number of halogens is 1. The summed E-state index contributed by atoms with van der Waals surface area (Å²) < 4.78 is 27.2. The molecule has 2 rings (SSSR count). The second-order valence-corrected chi connectivity index (χ2v) is 7.42. The molecule has 1 aromatic rings. The number of amides is 1. The van der Waals surface area contributed by atoms with Gasteiger partial charge < -0.3 is 11.1 Å². The molecule has 0 bridgehead atoms. The predicted octanol–water partition coefficient (Wildman–Crippen LogP) is 0.850. The van der Waals surface area contributed by atoms with Gasteiger partial charge in [-0.3, -0.25) is 4.79 Å². The van der Waals surface area contributed by atoms with Crippen molar-refractivity contribution >= 4 is 33.2 Å². The van der Waals surface area contributed by atoms with Crippen molar-refractivity contribution in [2.45, 2.75) is 30.7 Å². The van der Waals surface area contributed by atoms with E-state index in [0.717, 1.165) is 0 Å². The number of benzene rings is 1. The SMILES string of the molecule is CC(C)(CN)NS(=O)(=O)c1cc2c(cc1Cl)NC(=O)C2. The maximum atomic E-state index is 12.4. The summed E-state index contributed by atoms with van der Waals surface area (Å²) in [7, 11) is -3.80. The van der Waals surface area contributed by atoms with Crippen molar-refractivity contribution in [1.82, 2.24) is 4.72 Å². The topological polar surface area (TPSA) is 101 Å². The molecule has 0 unspecified atom stereocenters. The molecular weight excluding hydrogens is 302 g/mol. The van der Waals surface area contributed by atoms with Crippen LogP contribution in [0.3, 0.4) is 0 Å². The molecule has 1 aliphatic rings. The lowest BCUT2D eigenvalue weighted by Gasteiger charge is -2.24. The Morgan fingerprint density at radius 2 is 2.10 bits per heavy atom. The van der Waals surface area contributed by atoms with Crippen molar-refractivity contribution in [2.75, 3.05) is 11.9 Å². The number of carbonyl (C=O) groups excluding carboxylic acids is 1. The first-order chi connectivity index (χ1) is 9.14. The van der Waals surface area contributed by atoms with Crippen LogP contribution in [0.2, 0.25) is 5.02 Å². The lowest BCUT2D eigenvalue weighted by molar-refractivity contribution is -0.115. The van der Waals surface area contributed by atoms with Gasteiger partial charge in [0.05, 0.1) is 11.4 Å². The zero-order valence-electron chi connectivity index (χ0n) is 11.2. The third-order valence-electron chi connectivity index (χ3n) is 2.99. The maximum Gasteiger partial charge on any atom is 0.242 e. The molecule has 0 saturated carbocycles. The van der Waals surface area contributed by atoms with Crippen molar-refractivity contribution in [3.63, 3.8) is 0 Å². The molecule has 1 aromatic carbocycles. The molecule has 1 amide bonds. The number of carbonyl (C=O) groups is 1. The lowest BCUT2D eigenvalue weighted by atomic mass is 10.1. The van der Waals surface area contributed by atoms with E-state index in [1.807, 2.05) is 0 Å².